The van der Waals surface area contributed by atoms with Gasteiger partial charge in [-0.2, -0.15) is 13.2 Å². The fraction of sp³-hybridized carbons (Fsp3) is 0.316. The van der Waals surface area contributed by atoms with Crippen LogP contribution in [0.4, 0.5) is 33.3 Å². The zero-order valence-corrected chi connectivity index (χ0v) is 15.0. The molecule has 1 aliphatic heterocycles. The predicted octanol–water partition coefficient (Wildman–Crippen LogP) is 3.99. The lowest BCUT2D eigenvalue weighted by atomic mass is 10.1. The minimum absolute atomic E-state index is 0.395. The Morgan fingerprint density at radius 3 is 2.29 bits per heavy atom. The Kier molecular flexibility index (Phi) is 5.55. The van der Waals surface area contributed by atoms with Crippen LogP contribution < -0.4 is 10.2 Å². The molecule has 0 saturated carbocycles. The number of benzene rings is 2. The monoisotopic (exact) mass is 399 g/mol. The summed E-state index contributed by atoms with van der Waals surface area (Å²) in [5.74, 6) is -3.13. The van der Waals surface area contributed by atoms with Crippen molar-refractivity contribution in [2.45, 2.75) is 6.18 Å². The number of nitrogens with one attached hydrogen (secondary N) is 1. The molecule has 9 heteroatoms. The molecule has 0 spiro atoms. The number of rotatable bonds is 3. The molecule has 150 valence electrons. The van der Waals surface area contributed by atoms with Crippen molar-refractivity contribution < 1.29 is 26.7 Å². The first kappa shape index (κ1) is 20.1. The summed E-state index contributed by atoms with van der Waals surface area (Å²) in [5, 5.41) is 2.08. The minimum atomic E-state index is -4.72. The molecule has 0 bridgehead atoms. The van der Waals surface area contributed by atoms with Gasteiger partial charge in [0.1, 0.15) is 11.6 Å². The van der Waals surface area contributed by atoms with E-state index in [2.05, 4.69) is 10.2 Å². The van der Waals surface area contributed by atoms with Crippen LogP contribution in [0, 0.1) is 11.6 Å². The van der Waals surface area contributed by atoms with Crippen LogP contribution >= 0.6 is 0 Å². The third-order valence-electron chi connectivity index (χ3n) is 4.60. The largest absolute Gasteiger partial charge is 0.418 e. The Morgan fingerprint density at radius 2 is 1.68 bits per heavy atom. The van der Waals surface area contributed by atoms with Crippen LogP contribution in [0.15, 0.2) is 36.4 Å². The summed E-state index contributed by atoms with van der Waals surface area (Å²) in [6, 6.07) is 5.84. The molecule has 28 heavy (non-hydrogen) atoms. The first-order valence-electron chi connectivity index (χ1n) is 8.56. The second kappa shape index (κ2) is 7.75. The van der Waals surface area contributed by atoms with Gasteiger partial charge in [0.05, 0.1) is 16.8 Å². The summed E-state index contributed by atoms with van der Waals surface area (Å²) < 4.78 is 67.3. The molecule has 1 fully saturated rings. The van der Waals surface area contributed by atoms with Crippen molar-refractivity contribution in [2.75, 3.05) is 43.4 Å². The van der Waals surface area contributed by atoms with Crippen molar-refractivity contribution in [1.29, 1.82) is 0 Å². The van der Waals surface area contributed by atoms with E-state index in [4.69, 9.17) is 0 Å². The third kappa shape index (κ3) is 4.41. The number of amides is 1. The summed E-state index contributed by atoms with van der Waals surface area (Å²) in [5.41, 5.74) is -1.66. The van der Waals surface area contributed by atoms with Gasteiger partial charge in [-0.1, -0.05) is 0 Å². The van der Waals surface area contributed by atoms with Gasteiger partial charge in [0.2, 0.25) is 0 Å². The van der Waals surface area contributed by atoms with Crippen molar-refractivity contribution in [1.82, 2.24) is 4.90 Å². The van der Waals surface area contributed by atoms with Gasteiger partial charge in [-0.3, -0.25) is 4.79 Å². The standard InChI is InChI=1S/C19H18F5N3O/c1-26-6-8-27(9-7-26)13-3-5-17(15(11-13)19(22,23)24)25-18(28)14-4-2-12(20)10-16(14)21/h2-5,10-11H,6-9H2,1H3,(H,25,28). The molecular weight excluding hydrogens is 381 g/mol. The summed E-state index contributed by atoms with van der Waals surface area (Å²) in [6.45, 7) is 2.62. The van der Waals surface area contributed by atoms with Crippen LogP contribution in [0.25, 0.3) is 0 Å². The number of likely N-dealkylation sites (N-methyl/N-ethyl adjacent to an activating group) is 1. The normalized spacial score (nSPS) is 15.6. The van der Waals surface area contributed by atoms with Crippen molar-refractivity contribution in [3.63, 3.8) is 0 Å². The van der Waals surface area contributed by atoms with Gasteiger partial charge >= 0.3 is 6.18 Å². The zero-order valence-electron chi connectivity index (χ0n) is 15.0. The lowest BCUT2D eigenvalue weighted by Crippen LogP contribution is -2.44. The highest BCUT2D eigenvalue weighted by Crippen LogP contribution is 2.37. The van der Waals surface area contributed by atoms with E-state index >= 15 is 0 Å². The van der Waals surface area contributed by atoms with Crippen LogP contribution in [0.1, 0.15) is 15.9 Å². The number of hydrogen-bond donors (Lipinski definition) is 1. The zero-order chi connectivity index (χ0) is 20.5. The molecule has 2 aromatic rings. The number of piperazine rings is 1. The number of carbonyl (C=O) groups is 1. The van der Waals surface area contributed by atoms with Crippen LogP contribution in [0.3, 0.4) is 0 Å². The number of nitrogens with zero attached hydrogens (tertiary/aromatic N) is 2. The second-order valence-corrected chi connectivity index (χ2v) is 6.60. The molecular formula is C19H18F5N3O. The lowest BCUT2D eigenvalue weighted by molar-refractivity contribution is -0.136. The van der Waals surface area contributed by atoms with Crippen LogP contribution in [0.2, 0.25) is 0 Å². The maximum absolute atomic E-state index is 13.7. The minimum Gasteiger partial charge on any atom is -0.369 e. The molecule has 3 rings (SSSR count). The van der Waals surface area contributed by atoms with Gasteiger partial charge < -0.3 is 15.1 Å². The highest BCUT2D eigenvalue weighted by Gasteiger charge is 2.35. The molecule has 1 saturated heterocycles. The summed E-state index contributed by atoms with van der Waals surface area (Å²) in [6.07, 6.45) is -4.72. The van der Waals surface area contributed by atoms with Gasteiger partial charge in [-0.15, -0.1) is 0 Å². The van der Waals surface area contributed by atoms with Crippen LogP contribution in [-0.2, 0) is 6.18 Å². The maximum atomic E-state index is 13.7. The van der Waals surface area contributed by atoms with Gasteiger partial charge in [0, 0.05) is 37.9 Å². The Labute approximate surface area is 158 Å². The van der Waals surface area contributed by atoms with Crippen molar-refractivity contribution >= 4 is 17.3 Å². The molecule has 1 aliphatic rings. The van der Waals surface area contributed by atoms with Gasteiger partial charge in [0.25, 0.3) is 5.91 Å². The first-order valence-corrected chi connectivity index (χ1v) is 8.56. The topological polar surface area (TPSA) is 35.6 Å². The highest BCUT2D eigenvalue weighted by atomic mass is 19.4. The molecule has 4 nitrogen and oxygen atoms in total. The fourth-order valence-corrected chi connectivity index (χ4v) is 3.00. The van der Waals surface area contributed by atoms with E-state index in [0.29, 0.717) is 24.8 Å². The van der Waals surface area contributed by atoms with Gasteiger partial charge in [-0.05, 0) is 37.4 Å². The highest BCUT2D eigenvalue weighted by molar-refractivity contribution is 6.05. The van der Waals surface area contributed by atoms with E-state index in [1.165, 1.54) is 6.07 Å². The maximum Gasteiger partial charge on any atom is 0.418 e. The number of hydrogen-bond acceptors (Lipinski definition) is 3. The summed E-state index contributed by atoms with van der Waals surface area (Å²) in [7, 11) is 1.94. The van der Waals surface area contributed by atoms with E-state index < -0.39 is 40.5 Å². The molecule has 1 N–H and O–H groups in total. The number of carbonyl (C=O) groups excluding carboxylic acids is 1. The van der Waals surface area contributed by atoms with Gasteiger partial charge in [0.15, 0.2) is 0 Å². The molecule has 2 aromatic carbocycles. The fourth-order valence-electron chi connectivity index (χ4n) is 3.00. The van der Waals surface area contributed by atoms with E-state index in [0.717, 1.165) is 37.4 Å². The number of alkyl halides is 3. The predicted molar refractivity (Wildman–Crippen MR) is 95.5 cm³/mol. The Hall–Kier alpha value is -2.68. The molecule has 0 aliphatic carbocycles. The lowest BCUT2D eigenvalue weighted by Gasteiger charge is -2.34. The molecule has 0 radical (unpaired) electrons. The molecule has 1 amide bonds. The SMILES string of the molecule is CN1CCN(c2ccc(NC(=O)c3ccc(F)cc3F)c(C(F)(F)F)c2)CC1. The molecule has 0 unspecified atom stereocenters. The third-order valence-corrected chi connectivity index (χ3v) is 4.60. The van der Waals surface area contributed by atoms with E-state index in [9.17, 15) is 26.7 Å². The number of halogens is 5. The molecule has 0 aromatic heterocycles. The molecule has 1 heterocycles. The smallest absolute Gasteiger partial charge is 0.369 e. The second-order valence-electron chi connectivity index (χ2n) is 6.60. The van der Waals surface area contributed by atoms with Crippen LogP contribution in [0.5, 0.6) is 0 Å². The first-order chi connectivity index (χ1) is 13.1. The summed E-state index contributed by atoms with van der Waals surface area (Å²) in [4.78, 5) is 16.1. The Balaban J connectivity index is 1.89. The summed E-state index contributed by atoms with van der Waals surface area (Å²) >= 11 is 0. The average Bonchev–Trinajstić information content (AvgIpc) is 2.61. The number of anilines is 2. The average molecular weight is 399 g/mol. The van der Waals surface area contributed by atoms with Crippen molar-refractivity contribution in [3.8, 4) is 0 Å². The Bertz CT molecular complexity index is 876. The van der Waals surface area contributed by atoms with E-state index in [1.54, 1.807) is 0 Å². The van der Waals surface area contributed by atoms with Crippen molar-refractivity contribution in [2.24, 2.45) is 0 Å². The molecule has 0 atom stereocenters. The van der Waals surface area contributed by atoms with Crippen molar-refractivity contribution in [3.05, 3.63) is 59.2 Å². The van der Waals surface area contributed by atoms with E-state index in [1.807, 2.05) is 11.9 Å². The Morgan fingerprint density at radius 1 is 1.00 bits per heavy atom. The van der Waals surface area contributed by atoms with Gasteiger partial charge in [-0.25, -0.2) is 8.78 Å². The van der Waals surface area contributed by atoms with E-state index in [-0.39, 0.29) is 0 Å². The quantitative estimate of drug-likeness (QED) is 0.793. The van der Waals surface area contributed by atoms with Crippen LogP contribution in [-0.4, -0.2) is 44.0 Å².